The van der Waals surface area contributed by atoms with E-state index in [1.165, 1.54) is 6.33 Å². The zero-order valence-electron chi connectivity index (χ0n) is 19.2. The van der Waals surface area contributed by atoms with E-state index in [4.69, 9.17) is 14.0 Å². The first-order valence-corrected chi connectivity index (χ1v) is 11.2. The number of aryl methyl sites for hydroxylation is 1. The molecular formula is C23H27N7O3. The summed E-state index contributed by atoms with van der Waals surface area (Å²) in [4.78, 5) is 17.8. The zero-order valence-corrected chi connectivity index (χ0v) is 19.2. The Balaban J connectivity index is 1.31. The number of nitrogens with zero attached hydrogens (tertiary/aromatic N) is 7. The second-order valence-corrected chi connectivity index (χ2v) is 8.67. The van der Waals surface area contributed by atoms with Crippen molar-refractivity contribution in [3.8, 4) is 23.0 Å². The number of methoxy groups -OCH3 is 1. The van der Waals surface area contributed by atoms with Gasteiger partial charge in [0.1, 0.15) is 12.4 Å². The second-order valence-electron chi connectivity index (χ2n) is 8.67. The molecule has 0 unspecified atom stereocenters. The van der Waals surface area contributed by atoms with Gasteiger partial charge >= 0.3 is 6.01 Å². The van der Waals surface area contributed by atoms with Crippen molar-refractivity contribution in [3.63, 3.8) is 0 Å². The van der Waals surface area contributed by atoms with Crippen molar-refractivity contribution in [2.45, 2.75) is 64.4 Å². The lowest BCUT2D eigenvalue weighted by molar-refractivity contribution is 0.124. The second kappa shape index (κ2) is 8.76. The molecule has 0 N–H and O–H groups in total. The minimum absolute atomic E-state index is 0.0453. The van der Waals surface area contributed by atoms with Gasteiger partial charge in [-0.15, -0.1) is 0 Å². The van der Waals surface area contributed by atoms with Crippen LogP contribution < -0.4 is 9.47 Å². The van der Waals surface area contributed by atoms with Crippen LogP contribution in [0.2, 0.25) is 0 Å². The Labute approximate surface area is 191 Å². The van der Waals surface area contributed by atoms with Gasteiger partial charge in [0.15, 0.2) is 11.5 Å². The number of hydrogen-bond acceptors (Lipinski definition) is 9. The number of rotatable bonds is 6. The molecule has 0 spiro atoms. The van der Waals surface area contributed by atoms with E-state index in [0.717, 1.165) is 54.2 Å². The Kier molecular flexibility index (Phi) is 5.65. The highest BCUT2D eigenvalue weighted by Gasteiger charge is 2.29. The van der Waals surface area contributed by atoms with Crippen LogP contribution in [0.1, 0.15) is 68.8 Å². The summed E-state index contributed by atoms with van der Waals surface area (Å²) in [6.07, 6.45) is 6.95. The van der Waals surface area contributed by atoms with E-state index in [2.05, 4.69) is 44.0 Å². The standard InChI is InChI=1S/C23H27N7O3/c1-13(2)20-28-22(33-29-20)15-5-7-16(8-6-15)32-23-25-12-24-21-18(11-26-30(21)23)17-9-10-19(31-4)27-14(17)3/h9-13,15-16H,5-8H2,1-4H3. The highest BCUT2D eigenvalue weighted by Crippen LogP contribution is 2.34. The van der Waals surface area contributed by atoms with Crippen LogP contribution in [0.5, 0.6) is 11.9 Å². The SMILES string of the molecule is COc1ccc(-c2cnn3c(OC4CCC(c5nc(C(C)C)no5)CC4)ncnc23)c(C)n1. The van der Waals surface area contributed by atoms with Crippen molar-refractivity contribution in [3.05, 3.63) is 42.1 Å². The van der Waals surface area contributed by atoms with E-state index in [1.807, 2.05) is 19.1 Å². The van der Waals surface area contributed by atoms with Gasteiger partial charge in [0, 0.05) is 34.7 Å². The molecule has 0 saturated heterocycles. The summed E-state index contributed by atoms with van der Waals surface area (Å²) in [5.74, 6) is 2.61. The Hall–Kier alpha value is -3.56. The molecule has 4 aromatic rings. The van der Waals surface area contributed by atoms with Gasteiger partial charge in [-0.1, -0.05) is 19.0 Å². The minimum Gasteiger partial charge on any atom is -0.481 e. The van der Waals surface area contributed by atoms with Gasteiger partial charge in [0.05, 0.1) is 13.3 Å². The van der Waals surface area contributed by atoms with Crippen molar-refractivity contribution in [1.82, 2.24) is 34.7 Å². The Morgan fingerprint density at radius 3 is 2.58 bits per heavy atom. The van der Waals surface area contributed by atoms with Crippen LogP contribution in [-0.2, 0) is 0 Å². The summed E-state index contributed by atoms with van der Waals surface area (Å²) in [6, 6.07) is 4.23. The summed E-state index contributed by atoms with van der Waals surface area (Å²) in [7, 11) is 1.60. The number of aromatic nitrogens is 7. The summed E-state index contributed by atoms with van der Waals surface area (Å²) < 4.78 is 18.6. The topological polar surface area (TPSA) is 113 Å². The molecule has 1 saturated carbocycles. The maximum absolute atomic E-state index is 6.26. The number of ether oxygens (including phenoxy) is 2. The third-order valence-corrected chi connectivity index (χ3v) is 6.10. The molecule has 4 heterocycles. The normalized spacial score (nSPS) is 18.7. The van der Waals surface area contributed by atoms with Crippen molar-refractivity contribution >= 4 is 5.65 Å². The van der Waals surface area contributed by atoms with Gasteiger partial charge in [-0.25, -0.2) is 9.97 Å². The predicted molar refractivity (Wildman–Crippen MR) is 119 cm³/mol. The Bertz CT molecular complexity index is 1260. The first-order chi connectivity index (χ1) is 16.0. The molecule has 33 heavy (non-hydrogen) atoms. The van der Waals surface area contributed by atoms with E-state index in [0.29, 0.717) is 17.5 Å². The van der Waals surface area contributed by atoms with Crippen LogP contribution in [0.15, 0.2) is 29.2 Å². The van der Waals surface area contributed by atoms with Gasteiger partial charge in [-0.2, -0.15) is 19.6 Å². The maximum atomic E-state index is 6.26. The van der Waals surface area contributed by atoms with E-state index < -0.39 is 0 Å². The van der Waals surface area contributed by atoms with Crippen LogP contribution in [-0.4, -0.2) is 47.9 Å². The first-order valence-electron chi connectivity index (χ1n) is 11.2. The summed E-state index contributed by atoms with van der Waals surface area (Å²) in [5.41, 5.74) is 3.33. The van der Waals surface area contributed by atoms with Crippen LogP contribution in [0, 0.1) is 6.92 Å². The average molecular weight is 450 g/mol. The van der Waals surface area contributed by atoms with Gasteiger partial charge in [0.2, 0.25) is 11.8 Å². The summed E-state index contributed by atoms with van der Waals surface area (Å²) in [6.45, 7) is 6.07. The van der Waals surface area contributed by atoms with E-state index in [1.54, 1.807) is 17.8 Å². The average Bonchev–Trinajstić information content (AvgIpc) is 3.48. The van der Waals surface area contributed by atoms with E-state index in [-0.39, 0.29) is 17.9 Å². The largest absolute Gasteiger partial charge is 0.481 e. The number of fused-ring (bicyclic) bond motifs is 1. The van der Waals surface area contributed by atoms with Crippen molar-refractivity contribution in [2.75, 3.05) is 7.11 Å². The molecule has 5 rings (SSSR count). The number of hydrogen-bond donors (Lipinski definition) is 0. The predicted octanol–water partition coefficient (Wildman–Crippen LogP) is 4.11. The highest BCUT2D eigenvalue weighted by molar-refractivity contribution is 5.78. The fourth-order valence-corrected chi connectivity index (χ4v) is 4.22. The monoisotopic (exact) mass is 449 g/mol. The lowest BCUT2D eigenvalue weighted by Gasteiger charge is -2.26. The summed E-state index contributed by atoms with van der Waals surface area (Å²) >= 11 is 0. The molecular weight excluding hydrogens is 422 g/mol. The third kappa shape index (κ3) is 4.12. The highest BCUT2D eigenvalue weighted by atomic mass is 16.5. The molecule has 0 bridgehead atoms. The van der Waals surface area contributed by atoms with Crippen LogP contribution in [0.25, 0.3) is 16.8 Å². The molecule has 0 amide bonds. The van der Waals surface area contributed by atoms with Gasteiger partial charge in [-0.3, -0.25) is 0 Å². The Morgan fingerprint density at radius 1 is 1.06 bits per heavy atom. The first kappa shape index (κ1) is 21.3. The smallest absolute Gasteiger partial charge is 0.321 e. The number of pyridine rings is 1. The molecule has 172 valence electrons. The molecule has 1 aliphatic rings. The van der Waals surface area contributed by atoms with Crippen molar-refractivity contribution in [1.29, 1.82) is 0 Å². The molecule has 4 aromatic heterocycles. The maximum Gasteiger partial charge on any atom is 0.321 e. The fraction of sp³-hybridized carbons (Fsp3) is 0.478. The zero-order chi connectivity index (χ0) is 22.9. The molecule has 0 aliphatic heterocycles. The Morgan fingerprint density at radius 2 is 1.88 bits per heavy atom. The molecule has 1 fully saturated rings. The van der Waals surface area contributed by atoms with Crippen molar-refractivity contribution in [2.24, 2.45) is 0 Å². The quantitative estimate of drug-likeness (QED) is 0.429. The minimum atomic E-state index is 0.0453. The van der Waals surface area contributed by atoms with Gasteiger partial charge in [-0.05, 0) is 38.7 Å². The van der Waals surface area contributed by atoms with Crippen LogP contribution >= 0.6 is 0 Å². The molecule has 0 atom stereocenters. The van der Waals surface area contributed by atoms with Crippen LogP contribution in [0.3, 0.4) is 0 Å². The summed E-state index contributed by atoms with van der Waals surface area (Å²) in [5, 5.41) is 8.60. The molecule has 0 aromatic carbocycles. The fourth-order valence-electron chi connectivity index (χ4n) is 4.22. The lowest BCUT2D eigenvalue weighted by atomic mass is 9.87. The lowest BCUT2D eigenvalue weighted by Crippen LogP contribution is -2.25. The van der Waals surface area contributed by atoms with Crippen molar-refractivity contribution < 1.29 is 14.0 Å². The van der Waals surface area contributed by atoms with E-state index >= 15 is 0 Å². The van der Waals surface area contributed by atoms with Crippen LogP contribution in [0.4, 0.5) is 0 Å². The molecule has 10 heteroatoms. The van der Waals surface area contributed by atoms with E-state index in [9.17, 15) is 0 Å². The molecule has 1 aliphatic carbocycles. The molecule has 10 nitrogen and oxygen atoms in total. The molecule has 0 radical (unpaired) electrons. The third-order valence-electron chi connectivity index (χ3n) is 6.10. The van der Waals surface area contributed by atoms with Gasteiger partial charge < -0.3 is 14.0 Å². The van der Waals surface area contributed by atoms with Gasteiger partial charge in [0.25, 0.3) is 0 Å².